The molecule has 4 rings (SSSR count). The first-order valence-corrected chi connectivity index (χ1v) is 10.4. The van der Waals surface area contributed by atoms with Crippen LogP contribution in [0.2, 0.25) is 0 Å². The maximum absolute atomic E-state index is 12.6. The van der Waals surface area contributed by atoms with E-state index in [0.717, 1.165) is 22.3 Å². The van der Waals surface area contributed by atoms with Gasteiger partial charge in [0.1, 0.15) is 6.61 Å². The van der Waals surface area contributed by atoms with Crippen LogP contribution in [0.25, 0.3) is 11.1 Å². The average Bonchev–Trinajstić information content (AvgIpc) is 3.11. The number of rotatable bonds is 7. The number of amides is 1. The van der Waals surface area contributed by atoms with Crippen molar-refractivity contribution in [2.24, 2.45) is 0 Å². The van der Waals surface area contributed by atoms with E-state index in [9.17, 15) is 24.8 Å². The van der Waals surface area contributed by atoms with Gasteiger partial charge >= 0.3 is 12.1 Å². The Kier molecular flexibility index (Phi) is 6.08. The van der Waals surface area contributed by atoms with Gasteiger partial charge in [0.05, 0.1) is 17.4 Å². The molecule has 2 N–H and O–H groups in total. The molecule has 0 aromatic heterocycles. The zero-order valence-corrected chi connectivity index (χ0v) is 17.9. The van der Waals surface area contributed by atoms with E-state index >= 15 is 0 Å². The molecule has 8 heteroatoms. The van der Waals surface area contributed by atoms with Crippen molar-refractivity contribution >= 4 is 17.7 Å². The van der Waals surface area contributed by atoms with Crippen LogP contribution in [0.5, 0.6) is 0 Å². The fourth-order valence-electron chi connectivity index (χ4n) is 4.25. The molecule has 1 amide bonds. The lowest BCUT2D eigenvalue weighted by atomic mass is 9.98. The second-order valence-corrected chi connectivity index (χ2v) is 7.92. The van der Waals surface area contributed by atoms with E-state index in [1.807, 2.05) is 48.5 Å². The molecular weight excluding hydrogens is 424 g/mol. The van der Waals surface area contributed by atoms with Crippen LogP contribution in [0.4, 0.5) is 10.5 Å². The van der Waals surface area contributed by atoms with Gasteiger partial charge in [0.25, 0.3) is 5.69 Å². The number of alkyl carbamates (subject to hydrolysis) is 1. The number of aliphatic carboxylic acids is 1. The lowest BCUT2D eigenvalue weighted by Gasteiger charge is -2.19. The highest BCUT2D eigenvalue weighted by Crippen LogP contribution is 2.44. The maximum atomic E-state index is 12.6. The molecule has 0 aliphatic heterocycles. The van der Waals surface area contributed by atoms with Gasteiger partial charge in [0.2, 0.25) is 0 Å². The van der Waals surface area contributed by atoms with Gasteiger partial charge < -0.3 is 15.2 Å². The van der Waals surface area contributed by atoms with Gasteiger partial charge in [-0.3, -0.25) is 14.9 Å². The van der Waals surface area contributed by atoms with E-state index in [2.05, 4.69) is 5.32 Å². The third kappa shape index (κ3) is 4.55. The number of aryl methyl sites for hydroxylation is 1. The summed E-state index contributed by atoms with van der Waals surface area (Å²) in [6.07, 6.45) is -1.23. The molecule has 168 valence electrons. The van der Waals surface area contributed by atoms with E-state index in [0.29, 0.717) is 11.1 Å². The van der Waals surface area contributed by atoms with Crippen LogP contribution in [0.3, 0.4) is 0 Å². The van der Waals surface area contributed by atoms with Gasteiger partial charge in [-0.25, -0.2) is 4.79 Å². The van der Waals surface area contributed by atoms with Crippen LogP contribution in [0, 0.1) is 17.0 Å². The minimum Gasteiger partial charge on any atom is -0.481 e. The number of ether oxygens (including phenoxy) is 1. The van der Waals surface area contributed by atoms with E-state index in [-0.39, 0.29) is 18.2 Å². The Labute approximate surface area is 190 Å². The van der Waals surface area contributed by atoms with Crippen LogP contribution < -0.4 is 5.32 Å². The Morgan fingerprint density at radius 2 is 1.67 bits per heavy atom. The number of hydrogen-bond acceptors (Lipinski definition) is 5. The second kappa shape index (κ2) is 9.12. The first-order valence-electron chi connectivity index (χ1n) is 10.4. The summed E-state index contributed by atoms with van der Waals surface area (Å²) in [5.74, 6) is -1.29. The second-order valence-electron chi connectivity index (χ2n) is 7.92. The summed E-state index contributed by atoms with van der Waals surface area (Å²) >= 11 is 0. The summed E-state index contributed by atoms with van der Waals surface area (Å²) in [6, 6.07) is 19.3. The van der Waals surface area contributed by atoms with Crippen LogP contribution in [0.1, 0.15) is 40.6 Å². The van der Waals surface area contributed by atoms with Crippen LogP contribution in [-0.4, -0.2) is 28.7 Å². The number of nitro benzene ring substituents is 1. The number of carboxylic acid groups (broad SMARTS) is 1. The molecule has 0 heterocycles. The van der Waals surface area contributed by atoms with Crippen molar-refractivity contribution in [2.75, 3.05) is 6.61 Å². The van der Waals surface area contributed by atoms with Gasteiger partial charge in [-0.15, -0.1) is 0 Å². The van der Waals surface area contributed by atoms with Crippen LogP contribution in [0.15, 0.2) is 66.7 Å². The molecule has 0 fully saturated rings. The number of nitro groups is 1. The predicted molar refractivity (Wildman–Crippen MR) is 121 cm³/mol. The zero-order valence-electron chi connectivity index (χ0n) is 17.9. The topological polar surface area (TPSA) is 119 Å². The first kappa shape index (κ1) is 22.0. The fourth-order valence-corrected chi connectivity index (χ4v) is 4.25. The molecule has 1 atom stereocenters. The largest absolute Gasteiger partial charge is 0.481 e. The average molecular weight is 446 g/mol. The molecule has 33 heavy (non-hydrogen) atoms. The predicted octanol–water partition coefficient (Wildman–Crippen LogP) is 4.96. The van der Waals surface area contributed by atoms with Crippen molar-refractivity contribution in [3.8, 4) is 11.1 Å². The van der Waals surface area contributed by atoms with Crippen molar-refractivity contribution in [2.45, 2.75) is 25.3 Å². The molecule has 0 saturated carbocycles. The summed E-state index contributed by atoms with van der Waals surface area (Å²) in [7, 11) is 0. The molecular formula is C25H22N2O6. The lowest BCUT2D eigenvalue weighted by molar-refractivity contribution is -0.385. The van der Waals surface area contributed by atoms with E-state index in [1.54, 1.807) is 13.0 Å². The molecule has 3 aromatic carbocycles. The quantitative estimate of drug-likeness (QED) is 0.391. The Morgan fingerprint density at radius 1 is 1.06 bits per heavy atom. The van der Waals surface area contributed by atoms with Crippen LogP contribution in [-0.2, 0) is 9.53 Å². The third-order valence-electron chi connectivity index (χ3n) is 5.85. The molecule has 1 aliphatic carbocycles. The van der Waals surface area contributed by atoms with Crippen molar-refractivity contribution in [1.82, 2.24) is 5.32 Å². The monoisotopic (exact) mass is 446 g/mol. The summed E-state index contributed by atoms with van der Waals surface area (Å²) in [5.41, 5.74) is 4.93. The number of benzene rings is 3. The summed E-state index contributed by atoms with van der Waals surface area (Å²) in [4.78, 5) is 34.7. The zero-order chi connectivity index (χ0) is 23.5. The van der Waals surface area contributed by atoms with Crippen molar-refractivity contribution in [3.05, 3.63) is 99.1 Å². The van der Waals surface area contributed by atoms with Gasteiger partial charge in [0.15, 0.2) is 0 Å². The smallest absolute Gasteiger partial charge is 0.407 e. The molecule has 0 radical (unpaired) electrons. The highest BCUT2D eigenvalue weighted by Gasteiger charge is 2.29. The van der Waals surface area contributed by atoms with E-state index in [1.165, 1.54) is 12.1 Å². The van der Waals surface area contributed by atoms with Gasteiger partial charge in [-0.1, -0.05) is 60.7 Å². The number of nitrogens with one attached hydrogen (secondary N) is 1. The Morgan fingerprint density at radius 3 is 2.24 bits per heavy atom. The summed E-state index contributed by atoms with van der Waals surface area (Å²) in [5, 5.41) is 23.1. The molecule has 0 unspecified atom stereocenters. The highest BCUT2D eigenvalue weighted by molar-refractivity contribution is 5.79. The number of hydrogen-bond donors (Lipinski definition) is 2. The summed E-state index contributed by atoms with van der Waals surface area (Å²) in [6.45, 7) is 1.67. The summed E-state index contributed by atoms with van der Waals surface area (Å²) < 4.78 is 5.50. The highest BCUT2D eigenvalue weighted by atomic mass is 16.6. The molecule has 0 saturated heterocycles. The molecule has 0 spiro atoms. The van der Waals surface area contributed by atoms with E-state index in [4.69, 9.17) is 4.74 Å². The van der Waals surface area contributed by atoms with Gasteiger partial charge in [-0.2, -0.15) is 0 Å². The number of carbonyl (C=O) groups excluding carboxylic acids is 1. The lowest BCUT2D eigenvalue weighted by Crippen LogP contribution is -2.31. The number of carbonyl (C=O) groups is 2. The van der Waals surface area contributed by atoms with Crippen molar-refractivity contribution < 1.29 is 24.4 Å². The first-order chi connectivity index (χ1) is 15.8. The normalized spacial score (nSPS) is 13.0. The minimum atomic E-state index is -1.15. The standard InChI is InChI=1S/C25H22N2O6/c1-15-10-11-16(12-23(15)27(31)32)22(13-24(28)29)26-25(30)33-14-21-19-8-4-2-6-17(19)18-7-3-5-9-20(18)21/h2-12,21-22H,13-14H2,1H3,(H,26,30)(H,28,29)/t22-/m0/s1. The number of fused-ring (bicyclic) bond motifs is 3. The van der Waals surface area contributed by atoms with Crippen molar-refractivity contribution in [3.63, 3.8) is 0 Å². The fraction of sp³-hybridized carbons (Fsp3) is 0.200. The molecule has 0 bridgehead atoms. The minimum absolute atomic E-state index is 0.0771. The van der Waals surface area contributed by atoms with Crippen molar-refractivity contribution in [1.29, 1.82) is 0 Å². The molecule has 1 aliphatic rings. The third-order valence-corrected chi connectivity index (χ3v) is 5.85. The number of carboxylic acids is 1. The Hall–Kier alpha value is -4.20. The van der Waals surface area contributed by atoms with Gasteiger partial charge in [0, 0.05) is 17.5 Å². The number of nitrogens with zero attached hydrogens (tertiary/aromatic N) is 1. The van der Waals surface area contributed by atoms with E-state index < -0.39 is 29.4 Å². The van der Waals surface area contributed by atoms with Gasteiger partial charge in [-0.05, 0) is 34.7 Å². The Balaban J connectivity index is 1.51. The Bertz CT molecular complexity index is 1190. The maximum Gasteiger partial charge on any atom is 0.407 e. The molecule has 3 aromatic rings. The van der Waals surface area contributed by atoms with Crippen LogP contribution >= 0.6 is 0 Å². The molecule has 8 nitrogen and oxygen atoms in total. The SMILES string of the molecule is Cc1ccc([C@H](CC(=O)O)NC(=O)OCC2c3ccccc3-c3ccccc32)cc1[N+](=O)[O-].